The number of aromatic nitrogens is 2. The second-order valence-corrected chi connectivity index (χ2v) is 6.88. The van der Waals surface area contributed by atoms with Gasteiger partial charge in [0, 0.05) is 31.2 Å². The first kappa shape index (κ1) is 18.9. The largest absolute Gasteiger partial charge is 0.471 e. The van der Waals surface area contributed by atoms with Crippen LogP contribution in [0.3, 0.4) is 0 Å². The molecule has 1 unspecified atom stereocenters. The number of nitrogens with zero attached hydrogens (tertiary/aromatic N) is 3. The molecule has 1 saturated carbocycles. The Morgan fingerprint density at radius 1 is 1.25 bits per heavy atom. The van der Waals surface area contributed by atoms with Gasteiger partial charge in [-0.15, -0.1) is 0 Å². The third kappa shape index (κ3) is 4.17. The lowest BCUT2D eigenvalue weighted by atomic mass is 10.1. The van der Waals surface area contributed by atoms with Crippen LogP contribution in [0.2, 0.25) is 0 Å². The van der Waals surface area contributed by atoms with E-state index in [2.05, 4.69) is 20.0 Å². The maximum absolute atomic E-state index is 12.8. The van der Waals surface area contributed by atoms with Crippen LogP contribution in [0.15, 0.2) is 28.8 Å². The Hall–Kier alpha value is -2.46. The van der Waals surface area contributed by atoms with Crippen molar-refractivity contribution in [3.8, 4) is 11.4 Å². The van der Waals surface area contributed by atoms with E-state index in [1.807, 2.05) is 4.90 Å². The highest BCUT2D eigenvalue weighted by Crippen LogP contribution is 2.31. The van der Waals surface area contributed by atoms with E-state index in [-0.39, 0.29) is 17.8 Å². The molecule has 28 heavy (non-hydrogen) atoms. The standard InChI is InChI=1S/C18H19F3N4O3/c19-18(20,21)17-23-15(24-28-17)12-3-1-11(2-4-12)10-25(13-5-6-13)16(26)14-9-22-7-8-27-14/h1-4,13-14,22H,5-10H2. The van der Waals surface area contributed by atoms with Gasteiger partial charge in [-0.1, -0.05) is 29.4 Å². The van der Waals surface area contributed by atoms with Crippen molar-refractivity contribution in [1.82, 2.24) is 20.4 Å². The predicted octanol–water partition coefficient (Wildman–Crippen LogP) is 2.23. The van der Waals surface area contributed by atoms with E-state index in [1.54, 1.807) is 24.3 Å². The number of ether oxygens (including phenoxy) is 1. The van der Waals surface area contributed by atoms with Crippen LogP contribution in [0.25, 0.3) is 11.4 Å². The number of nitrogens with one attached hydrogen (secondary N) is 1. The van der Waals surface area contributed by atoms with Crippen molar-refractivity contribution in [3.63, 3.8) is 0 Å². The number of rotatable bonds is 5. The first-order chi connectivity index (χ1) is 13.4. The maximum Gasteiger partial charge on any atom is 0.471 e. The van der Waals surface area contributed by atoms with Crippen LogP contribution in [-0.4, -0.2) is 52.8 Å². The van der Waals surface area contributed by atoms with Crippen LogP contribution in [0, 0.1) is 0 Å². The fourth-order valence-corrected chi connectivity index (χ4v) is 3.09. The van der Waals surface area contributed by atoms with Gasteiger partial charge in [0.1, 0.15) is 6.10 Å². The number of carbonyl (C=O) groups excluding carboxylic acids is 1. The van der Waals surface area contributed by atoms with E-state index >= 15 is 0 Å². The molecular formula is C18H19F3N4O3. The van der Waals surface area contributed by atoms with Gasteiger partial charge in [0.05, 0.1) is 6.61 Å². The molecule has 1 N–H and O–H groups in total. The summed E-state index contributed by atoms with van der Waals surface area (Å²) in [6, 6.07) is 6.95. The van der Waals surface area contributed by atoms with Crippen molar-refractivity contribution in [2.75, 3.05) is 19.7 Å². The van der Waals surface area contributed by atoms with Crippen molar-refractivity contribution in [2.24, 2.45) is 0 Å². The number of amides is 1. The average molecular weight is 396 g/mol. The Morgan fingerprint density at radius 2 is 2.00 bits per heavy atom. The molecule has 2 aromatic rings. The van der Waals surface area contributed by atoms with E-state index in [0.29, 0.717) is 25.3 Å². The molecule has 0 radical (unpaired) electrons. The molecule has 150 valence electrons. The zero-order chi connectivity index (χ0) is 19.7. The number of hydrogen-bond acceptors (Lipinski definition) is 6. The number of hydrogen-bond donors (Lipinski definition) is 1. The van der Waals surface area contributed by atoms with Gasteiger partial charge >= 0.3 is 12.1 Å². The van der Waals surface area contributed by atoms with Crippen molar-refractivity contribution >= 4 is 5.91 Å². The summed E-state index contributed by atoms with van der Waals surface area (Å²) >= 11 is 0. The summed E-state index contributed by atoms with van der Waals surface area (Å²) in [5, 5.41) is 6.53. The third-order valence-electron chi connectivity index (χ3n) is 4.71. The van der Waals surface area contributed by atoms with Crippen LogP contribution in [-0.2, 0) is 22.3 Å². The molecule has 1 aliphatic heterocycles. The molecule has 0 bridgehead atoms. The number of carbonyl (C=O) groups is 1. The SMILES string of the molecule is O=C(C1CNCCO1)N(Cc1ccc(-c2noc(C(F)(F)F)n2)cc1)C1CC1. The molecule has 4 rings (SSSR count). The van der Waals surface area contributed by atoms with Gasteiger partial charge < -0.3 is 19.5 Å². The zero-order valence-corrected chi connectivity index (χ0v) is 14.9. The Labute approximate surface area is 158 Å². The van der Waals surface area contributed by atoms with Crippen LogP contribution in [0.5, 0.6) is 0 Å². The topological polar surface area (TPSA) is 80.5 Å². The van der Waals surface area contributed by atoms with Crippen LogP contribution in [0.4, 0.5) is 13.2 Å². The summed E-state index contributed by atoms with van der Waals surface area (Å²) < 4.78 is 47.6. The van der Waals surface area contributed by atoms with Crippen LogP contribution in [0.1, 0.15) is 24.3 Å². The molecule has 7 nitrogen and oxygen atoms in total. The van der Waals surface area contributed by atoms with Crippen molar-refractivity contribution in [3.05, 3.63) is 35.7 Å². The first-order valence-electron chi connectivity index (χ1n) is 9.05. The molecule has 2 heterocycles. The minimum Gasteiger partial charge on any atom is -0.366 e. The Bertz CT molecular complexity index is 827. The lowest BCUT2D eigenvalue weighted by molar-refractivity contribution is -0.159. The van der Waals surface area contributed by atoms with E-state index in [1.165, 1.54) is 0 Å². The molecule has 1 atom stereocenters. The van der Waals surface area contributed by atoms with Gasteiger partial charge in [0.15, 0.2) is 0 Å². The van der Waals surface area contributed by atoms with E-state index in [9.17, 15) is 18.0 Å². The Kier molecular flexibility index (Phi) is 5.07. The minimum absolute atomic E-state index is 0.0354. The third-order valence-corrected chi connectivity index (χ3v) is 4.71. The zero-order valence-electron chi connectivity index (χ0n) is 14.9. The summed E-state index contributed by atoms with van der Waals surface area (Å²) in [7, 11) is 0. The summed E-state index contributed by atoms with van der Waals surface area (Å²) in [4.78, 5) is 18.0. The average Bonchev–Trinajstić information content (AvgIpc) is 3.40. The smallest absolute Gasteiger partial charge is 0.366 e. The summed E-state index contributed by atoms with van der Waals surface area (Å²) in [6.45, 7) is 2.17. The molecule has 2 aliphatic rings. The number of alkyl halides is 3. The fourth-order valence-electron chi connectivity index (χ4n) is 3.09. The number of morpholine rings is 1. The van der Waals surface area contributed by atoms with Gasteiger partial charge in [0.25, 0.3) is 5.91 Å². The molecule has 1 aromatic heterocycles. The number of halogens is 3. The fraction of sp³-hybridized carbons (Fsp3) is 0.500. The molecule has 1 aliphatic carbocycles. The van der Waals surface area contributed by atoms with Gasteiger partial charge in [-0.05, 0) is 18.4 Å². The second-order valence-electron chi connectivity index (χ2n) is 6.88. The van der Waals surface area contributed by atoms with Gasteiger partial charge in [-0.3, -0.25) is 4.79 Å². The van der Waals surface area contributed by atoms with Crippen molar-refractivity contribution < 1.29 is 27.2 Å². The van der Waals surface area contributed by atoms with Gasteiger partial charge in [-0.2, -0.15) is 18.2 Å². The normalized spacial score (nSPS) is 20.2. The molecule has 1 aromatic carbocycles. The van der Waals surface area contributed by atoms with Gasteiger partial charge in [-0.25, -0.2) is 0 Å². The Morgan fingerprint density at radius 3 is 2.57 bits per heavy atom. The Balaban J connectivity index is 1.45. The number of benzene rings is 1. The van der Waals surface area contributed by atoms with E-state index < -0.39 is 18.2 Å². The first-order valence-corrected chi connectivity index (χ1v) is 9.05. The molecule has 1 saturated heterocycles. The second kappa shape index (κ2) is 7.51. The van der Waals surface area contributed by atoms with Crippen molar-refractivity contribution in [1.29, 1.82) is 0 Å². The van der Waals surface area contributed by atoms with Crippen LogP contribution >= 0.6 is 0 Å². The monoisotopic (exact) mass is 396 g/mol. The summed E-state index contributed by atoms with van der Waals surface area (Å²) in [5.74, 6) is -1.54. The molecular weight excluding hydrogens is 377 g/mol. The minimum atomic E-state index is -4.67. The van der Waals surface area contributed by atoms with E-state index in [4.69, 9.17) is 4.74 Å². The maximum atomic E-state index is 12.8. The highest BCUT2D eigenvalue weighted by atomic mass is 19.4. The summed E-state index contributed by atoms with van der Waals surface area (Å²) in [6.07, 6.45) is -3.22. The quantitative estimate of drug-likeness (QED) is 0.835. The van der Waals surface area contributed by atoms with E-state index in [0.717, 1.165) is 24.9 Å². The highest BCUT2D eigenvalue weighted by molar-refractivity contribution is 5.82. The molecule has 2 fully saturated rings. The van der Waals surface area contributed by atoms with Crippen molar-refractivity contribution in [2.45, 2.75) is 37.7 Å². The molecule has 0 spiro atoms. The summed E-state index contributed by atoms with van der Waals surface area (Å²) in [5.41, 5.74) is 1.28. The van der Waals surface area contributed by atoms with Crippen LogP contribution < -0.4 is 5.32 Å². The predicted molar refractivity (Wildman–Crippen MR) is 90.9 cm³/mol. The van der Waals surface area contributed by atoms with Gasteiger partial charge in [0.2, 0.25) is 5.82 Å². The lowest BCUT2D eigenvalue weighted by Crippen LogP contribution is -2.49. The molecule has 10 heteroatoms. The highest BCUT2D eigenvalue weighted by Gasteiger charge is 2.39. The molecule has 1 amide bonds. The lowest BCUT2D eigenvalue weighted by Gasteiger charge is -2.30.